The minimum atomic E-state index is -0.151. The first-order chi connectivity index (χ1) is 10.2. The second-order valence-electron chi connectivity index (χ2n) is 4.64. The molecule has 0 unspecified atom stereocenters. The Balaban J connectivity index is 2.24. The second-order valence-corrected chi connectivity index (χ2v) is 4.64. The van der Waals surface area contributed by atoms with E-state index in [0.717, 1.165) is 24.1 Å². The third kappa shape index (κ3) is 4.21. The number of pyridine rings is 1. The molecular formula is C15H20N4O2. The number of hydrogen-bond acceptors (Lipinski definition) is 5. The number of nitrogens with one attached hydrogen (secondary N) is 2. The standard InChI is InChI=1S/C15H20N4O2/c1-3-11-9-16-5-4-13(11)15-18-12(8-14(20)19-15)10-17-6-7-21-2/h4-5,8-9,17H,3,6-7,10H2,1-2H3,(H,18,19,20). The maximum Gasteiger partial charge on any atom is 0.251 e. The van der Waals surface area contributed by atoms with Gasteiger partial charge in [0.1, 0.15) is 5.82 Å². The number of ether oxygens (including phenoxy) is 1. The summed E-state index contributed by atoms with van der Waals surface area (Å²) >= 11 is 0. The molecule has 6 nitrogen and oxygen atoms in total. The summed E-state index contributed by atoms with van der Waals surface area (Å²) in [5.74, 6) is 0.588. The second kappa shape index (κ2) is 7.66. The third-order valence-corrected chi connectivity index (χ3v) is 3.12. The van der Waals surface area contributed by atoms with Gasteiger partial charge in [-0.2, -0.15) is 0 Å². The van der Waals surface area contributed by atoms with Crippen LogP contribution in [0.2, 0.25) is 0 Å². The zero-order valence-electron chi connectivity index (χ0n) is 12.3. The first-order valence-electron chi connectivity index (χ1n) is 6.97. The smallest absolute Gasteiger partial charge is 0.251 e. The summed E-state index contributed by atoms with van der Waals surface area (Å²) < 4.78 is 4.97. The van der Waals surface area contributed by atoms with E-state index in [2.05, 4.69) is 27.2 Å². The van der Waals surface area contributed by atoms with E-state index >= 15 is 0 Å². The molecule has 0 amide bonds. The largest absolute Gasteiger partial charge is 0.383 e. The molecule has 21 heavy (non-hydrogen) atoms. The van der Waals surface area contributed by atoms with Crippen molar-refractivity contribution in [2.24, 2.45) is 0 Å². The summed E-state index contributed by atoms with van der Waals surface area (Å²) in [6.45, 7) is 3.93. The minimum absolute atomic E-state index is 0.151. The molecule has 0 aliphatic heterocycles. The summed E-state index contributed by atoms with van der Waals surface area (Å²) in [5, 5.41) is 3.18. The summed E-state index contributed by atoms with van der Waals surface area (Å²) in [6, 6.07) is 3.38. The van der Waals surface area contributed by atoms with Crippen LogP contribution in [0.1, 0.15) is 18.2 Å². The SMILES string of the molecule is CCc1cnccc1-c1nc(CNCCOC)cc(=O)[nH]1. The average molecular weight is 288 g/mol. The highest BCUT2D eigenvalue weighted by Gasteiger charge is 2.08. The lowest BCUT2D eigenvalue weighted by atomic mass is 10.1. The van der Waals surface area contributed by atoms with E-state index in [0.29, 0.717) is 24.7 Å². The number of H-pyrrole nitrogens is 1. The minimum Gasteiger partial charge on any atom is -0.383 e. The van der Waals surface area contributed by atoms with Crippen LogP contribution >= 0.6 is 0 Å². The van der Waals surface area contributed by atoms with Crippen LogP contribution in [0, 0.1) is 0 Å². The van der Waals surface area contributed by atoms with Crippen molar-refractivity contribution >= 4 is 0 Å². The summed E-state index contributed by atoms with van der Waals surface area (Å²) in [6.07, 6.45) is 4.35. The molecule has 0 spiro atoms. The van der Waals surface area contributed by atoms with Crippen molar-refractivity contribution in [2.75, 3.05) is 20.3 Å². The highest BCUT2D eigenvalue weighted by molar-refractivity contribution is 5.59. The maximum absolute atomic E-state index is 11.8. The molecule has 2 aromatic heterocycles. The van der Waals surface area contributed by atoms with Gasteiger partial charge >= 0.3 is 0 Å². The van der Waals surface area contributed by atoms with Crippen molar-refractivity contribution in [3.8, 4) is 11.4 Å². The Hall–Kier alpha value is -2.05. The van der Waals surface area contributed by atoms with Gasteiger partial charge in [-0.15, -0.1) is 0 Å². The lowest BCUT2D eigenvalue weighted by molar-refractivity contribution is 0.199. The lowest BCUT2D eigenvalue weighted by Crippen LogP contribution is -2.21. The fourth-order valence-corrected chi connectivity index (χ4v) is 2.06. The molecule has 2 rings (SSSR count). The zero-order valence-corrected chi connectivity index (χ0v) is 12.3. The fourth-order valence-electron chi connectivity index (χ4n) is 2.06. The fraction of sp³-hybridized carbons (Fsp3) is 0.400. The van der Waals surface area contributed by atoms with Crippen LogP contribution in [0.3, 0.4) is 0 Å². The number of rotatable bonds is 7. The first-order valence-corrected chi connectivity index (χ1v) is 6.97. The molecule has 0 saturated carbocycles. The van der Waals surface area contributed by atoms with Gasteiger partial charge in [0.25, 0.3) is 5.56 Å². The molecule has 2 N–H and O–H groups in total. The normalized spacial score (nSPS) is 10.8. The molecule has 0 aliphatic carbocycles. The number of methoxy groups -OCH3 is 1. The third-order valence-electron chi connectivity index (χ3n) is 3.12. The van der Waals surface area contributed by atoms with E-state index in [1.807, 2.05) is 6.07 Å². The topological polar surface area (TPSA) is 79.9 Å². The average Bonchev–Trinajstić information content (AvgIpc) is 2.51. The van der Waals surface area contributed by atoms with Gasteiger partial charge in [0.15, 0.2) is 0 Å². The highest BCUT2D eigenvalue weighted by Crippen LogP contribution is 2.18. The molecule has 112 valence electrons. The van der Waals surface area contributed by atoms with Gasteiger partial charge in [0, 0.05) is 44.2 Å². The van der Waals surface area contributed by atoms with E-state index in [1.165, 1.54) is 6.07 Å². The van der Waals surface area contributed by atoms with Crippen LogP contribution in [0.5, 0.6) is 0 Å². The Labute approximate surface area is 123 Å². The Morgan fingerprint density at radius 3 is 3.05 bits per heavy atom. The van der Waals surface area contributed by atoms with Crippen molar-refractivity contribution < 1.29 is 4.74 Å². The van der Waals surface area contributed by atoms with Crippen LogP contribution in [0.15, 0.2) is 29.3 Å². The molecule has 2 aromatic rings. The van der Waals surface area contributed by atoms with Crippen LogP contribution in [-0.4, -0.2) is 35.2 Å². The van der Waals surface area contributed by atoms with Crippen LogP contribution in [0.4, 0.5) is 0 Å². The van der Waals surface area contributed by atoms with Crippen LogP contribution < -0.4 is 10.9 Å². The Morgan fingerprint density at radius 2 is 2.29 bits per heavy atom. The van der Waals surface area contributed by atoms with Crippen LogP contribution in [-0.2, 0) is 17.7 Å². The summed E-state index contributed by atoms with van der Waals surface area (Å²) in [4.78, 5) is 23.2. The van der Waals surface area contributed by atoms with Gasteiger partial charge in [-0.25, -0.2) is 4.98 Å². The van der Waals surface area contributed by atoms with Gasteiger partial charge in [-0.1, -0.05) is 6.92 Å². The maximum atomic E-state index is 11.8. The molecule has 0 bridgehead atoms. The summed E-state index contributed by atoms with van der Waals surface area (Å²) in [7, 11) is 1.65. The van der Waals surface area contributed by atoms with Gasteiger partial charge in [0.2, 0.25) is 0 Å². The lowest BCUT2D eigenvalue weighted by Gasteiger charge is -2.08. The molecule has 0 radical (unpaired) electrons. The zero-order chi connectivity index (χ0) is 15.1. The van der Waals surface area contributed by atoms with Crippen molar-refractivity contribution in [3.05, 3.63) is 46.1 Å². The molecule has 0 aliphatic rings. The van der Waals surface area contributed by atoms with Crippen molar-refractivity contribution in [1.29, 1.82) is 0 Å². The van der Waals surface area contributed by atoms with Crippen LogP contribution in [0.25, 0.3) is 11.4 Å². The molecule has 0 fully saturated rings. The van der Waals surface area contributed by atoms with Crippen molar-refractivity contribution in [3.63, 3.8) is 0 Å². The van der Waals surface area contributed by atoms with E-state index in [1.54, 1.807) is 19.5 Å². The van der Waals surface area contributed by atoms with E-state index in [4.69, 9.17) is 4.74 Å². The van der Waals surface area contributed by atoms with E-state index < -0.39 is 0 Å². The monoisotopic (exact) mass is 288 g/mol. The van der Waals surface area contributed by atoms with Crippen molar-refractivity contribution in [1.82, 2.24) is 20.3 Å². The van der Waals surface area contributed by atoms with E-state index in [-0.39, 0.29) is 5.56 Å². The van der Waals surface area contributed by atoms with Gasteiger partial charge in [-0.05, 0) is 18.1 Å². The molecule has 6 heteroatoms. The number of aryl methyl sites for hydroxylation is 1. The quantitative estimate of drug-likeness (QED) is 0.747. The Bertz CT molecular complexity index is 640. The van der Waals surface area contributed by atoms with E-state index in [9.17, 15) is 4.79 Å². The molecular weight excluding hydrogens is 268 g/mol. The number of hydrogen-bond donors (Lipinski definition) is 2. The Kier molecular flexibility index (Phi) is 5.59. The highest BCUT2D eigenvalue weighted by atomic mass is 16.5. The Morgan fingerprint density at radius 1 is 1.43 bits per heavy atom. The molecule has 2 heterocycles. The number of nitrogens with zero attached hydrogens (tertiary/aromatic N) is 2. The first kappa shape index (κ1) is 15.3. The van der Waals surface area contributed by atoms with Gasteiger partial charge in [-0.3, -0.25) is 9.78 Å². The predicted octanol–water partition coefficient (Wildman–Crippen LogP) is 1.13. The molecule has 0 atom stereocenters. The van der Waals surface area contributed by atoms with Gasteiger partial charge in [0.05, 0.1) is 12.3 Å². The number of aromatic amines is 1. The predicted molar refractivity (Wildman–Crippen MR) is 81.0 cm³/mol. The summed E-state index contributed by atoms with van der Waals surface area (Å²) in [5.41, 5.74) is 2.54. The van der Waals surface area contributed by atoms with Crippen molar-refractivity contribution in [2.45, 2.75) is 19.9 Å². The number of aromatic nitrogens is 3. The molecule has 0 saturated heterocycles. The molecule has 0 aromatic carbocycles. The van der Waals surface area contributed by atoms with Gasteiger partial charge < -0.3 is 15.0 Å².